The smallest absolute Gasteiger partial charge is 0.142 e. The van der Waals surface area contributed by atoms with Crippen molar-refractivity contribution in [1.82, 2.24) is 0 Å². The molecule has 0 aromatic heterocycles. The maximum absolute atomic E-state index is 13.1. The SMILES string of the molecule is COc1ccc(OC)c(N2CC(N)CC(Cc3ccc(F)cc3)C2)c1. The molecule has 0 radical (unpaired) electrons. The molecule has 1 aliphatic heterocycles. The number of piperidine rings is 1. The Bertz CT molecular complexity index is 705. The van der Waals surface area contributed by atoms with Crippen LogP contribution in [0.25, 0.3) is 0 Å². The molecule has 1 fully saturated rings. The monoisotopic (exact) mass is 344 g/mol. The summed E-state index contributed by atoms with van der Waals surface area (Å²) in [5.74, 6) is 1.82. The molecule has 2 unspecified atom stereocenters. The van der Waals surface area contributed by atoms with Gasteiger partial charge in [0, 0.05) is 25.2 Å². The first-order valence-electron chi connectivity index (χ1n) is 8.56. The number of halogens is 1. The summed E-state index contributed by atoms with van der Waals surface area (Å²) < 4.78 is 24.0. The molecule has 25 heavy (non-hydrogen) atoms. The summed E-state index contributed by atoms with van der Waals surface area (Å²) in [4.78, 5) is 2.27. The molecule has 2 aromatic carbocycles. The molecule has 1 aliphatic rings. The van der Waals surface area contributed by atoms with Crippen LogP contribution in [0.15, 0.2) is 42.5 Å². The van der Waals surface area contributed by atoms with Gasteiger partial charge in [-0.25, -0.2) is 4.39 Å². The Hall–Kier alpha value is -2.27. The van der Waals surface area contributed by atoms with Gasteiger partial charge in [0.15, 0.2) is 0 Å². The van der Waals surface area contributed by atoms with E-state index in [1.165, 1.54) is 12.1 Å². The Morgan fingerprint density at radius 3 is 2.52 bits per heavy atom. The van der Waals surface area contributed by atoms with Gasteiger partial charge in [0.1, 0.15) is 17.3 Å². The van der Waals surface area contributed by atoms with E-state index in [0.29, 0.717) is 5.92 Å². The molecular weight excluding hydrogens is 319 g/mol. The fraction of sp³-hybridized carbons (Fsp3) is 0.400. The zero-order valence-electron chi connectivity index (χ0n) is 14.7. The number of hydrogen-bond donors (Lipinski definition) is 1. The van der Waals surface area contributed by atoms with Crippen LogP contribution < -0.4 is 20.1 Å². The Morgan fingerprint density at radius 1 is 1.08 bits per heavy atom. The summed E-state index contributed by atoms with van der Waals surface area (Å²) in [5, 5.41) is 0. The van der Waals surface area contributed by atoms with Crippen LogP contribution in [0.3, 0.4) is 0 Å². The van der Waals surface area contributed by atoms with Crippen molar-refractivity contribution in [2.45, 2.75) is 18.9 Å². The Balaban J connectivity index is 1.79. The minimum atomic E-state index is -0.202. The zero-order chi connectivity index (χ0) is 17.8. The van der Waals surface area contributed by atoms with Crippen molar-refractivity contribution in [3.63, 3.8) is 0 Å². The molecule has 4 nitrogen and oxygen atoms in total. The quantitative estimate of drug-likeness (QED) is 0.905. The second kappa shape index (κ2) is 7.74. The number of anilines is 1. The number of nitrogens with two attached hydrogens (primary N) is 1. The molecule has 134 valence electrons. The molecule has 1 saturated heterocycles. The molecule has 0 amide bonds. The Labute approximate surface area is 148 Å². The zero-order valence-corrected chi connectivity index (χ0v) is 14.7. The van der Waals surface area contributed by atoms with Crippen LogP contribution in [0.4, 0.5) is 10.1 Å². The van der Waals surface area contributed by atoms with Crippen molar-refractivity contribution >= 4 is 5.69 Å². The average Bonchev–Trinajstić information content (AvgIpc) is 2.62. The lowest BCUT2D eigenvalue weighted by Crippen LogP contribution is -2.47. The molecule has 0 bridgehead atoms. The van der Waals surface area contributed by atoms with Crippen molar-refractivity contribution in [3.8, 4) is 11.5 Å². The predicted molar refractivity (Wildman–Crippen MR) is 97.9 cm³/mol. The van der Waals surface area contributed by atoms with E-state index in [9.17, 15) is 4.39 Å². The maximum atomic E-state index is 13.1. The molecule has 0 spiro atoms. The molecule has 0 saturated carbocycles. The molecule has 2 aromatic rings. The molecular formula is C20H25FN2O2. The van der Waals surface area contributed by atoms with Crippen LogP contribution in [0.5, 0.6) is 11.5 Å². The van der Waals surface area contributed by atoms with E-state index in [4.69, 9.17) is 15.2 Å². The normalized spacial score (nSPS) is 20.4. The van der Waals surface area contributed by atoms with E-state index in [1.807, 2.05) is 30.3 Å². The Morgan fingerprint density at radius 2 is 1.84 bits per heavy atom. The maximum Gasteiger partial charge on any atom is 0.142 e. The number of benzene rings is 2. The van der Waals surface area contributed by atoms with Gasteiger partial charge in [-0.2, -0.15) is 0 Å². The van der Waals surface area contributed by atoms with E-state index < -0.39 is 0 Å². The van der Waals surface area contributed by atoms with Gasteiger partial charge < -0.3 is 20.1 Å². The highest BCUT2D eigenvalue weighted by Crippen LogP contribution is 2.35. The van der Waals surface area contributed by atoms with Gasteiger partial charge in [0.25, 0.3) is 0 Å². The van der Waals surface area contributed by atoms with Gasteiger partial charge in [-0.05, 0) is 48.6 Å². The topological polar surface area (TPSA) is 47.7 Å². The number of ether oxygens (including phenoxy) is 2. The second-order valence-corrected chi connectivity index (χ2v) is 6.64. The Kier molecular flexibility index (Phi) is 5.43. The molecule has 2 atom stereocenters. The van der Waals surface area contributed by atoms with E-state index in [1.54, 1.807) is 14.2 Å². The molecule has 5 heteroatoms. The standard InChI is InChI=1S/C20H25FN2O2/c1-24-18-7-8-20(25-2)19(11-18)23-12-15(10-17(22)13-23)9-14-3-5-16(21)6-4-14/h3-8,11,15,17H,9-10,12-13,22H2,1-2H3. The third kappa shape index (κ3) is 4.23. The average molecular weight is 344 g/mol. The van der Waals surface area contributed by atoms with E-state index >= 15 is 0 Å². The van der Waals surface area contributed by atoms with E-state index in [-0.39, 0.29) is 11.9 Å². The van der Waals surface area contributed by atoms with Crippen LogP contribution in [0.2, 0.25) is 0 Å². The van der Waals surface area contributed by atoms with Crippen LogP contribution in [0, 0.1) is 11.7 Å². The molecule has 0 aliphatic carbocycles. The first-order valence-corrected chi connectivity index (χ1v) is 8.56. The van der Waals surface area contributed by atoms with Crippen LogP contribution in [0.1, 0.15) is 12.0 Å². The summed E-state index contributed by atoms with van der Waals surface area (Å²) in [6.07, 6.45) is 1.84. The first-order chi connectivity index (χ1) is 12.1. The van der Waals surface area contributed by atoms with Crippen LogP contribution >= 0.6 is 0 Å². The van der Waals surface area contributed by atoms with Gasteiger partial charge in [0.2, 0.25) is 0 Å². The van der Waals surface area contributed by atoms with Crippen molar-refractivity contribution in [2.75, 3.05) is 32.2 Å². The fourth-order valence-electron chi connectivity index (χ4n) is 3.59. The lowest BCUT2D eigenvalue weighted by molar-refractivity contribution is 0.365. The van der Waals surface area contributed by atoms with Crippen molar-refractivity contribution in [2.24, 2.45) is 11.7 Å². The predicted octanol–water partition coefficient (Wildman–Crippen LogP) is 3.24. The summed E-state index contributed by atoms with van der Waals surface area (Å²) >= 11 is 0. The highest BCUT2D eigenvalue weighted by atomic mass is 19.1. The minimum absolute atomic E-state index is 0.0927. The van der Waals surface area contributed by atoms with Gasteiger partial charge in [-0.1, -0.05) is 12.1 Å². The molecule has 2 N–H and O–H groups in total. The van der Waals surface area contributed by atoms with Crippen molar-refractivity contribution in [3.05, 3.63) is 53.8 Å². The first kappa shape index (κ1) is 17.5. The minimum Gasteiger partial charge on any atom is -0.497 e. The number of rotatable bonds is 5. The van der Waals surface area contributed by atoms with Crippen LogP contribution in [-0.4, -0.2) is 33.4 Å². The largest absolute Gasteiger partial charge is 0.497 e. The molecule has 1 heterocycles. The third-order valence-electron chi connectivity index (χ3n) is 4.73. The number of nitrogens with zero attached hydrogens (tertiary/aromatic N) is 1. The summed E-state index contributed by atoms with van der Waals surface area (Å²) in [6.45, 7) is 1.66. The van der Waals surface area contributed by atoms with E-state index in [0.717, 1.165) is 48.7 Å². The highest BCUT2D eigenvalue weighted by molar-refractivity contribution is 5.62. The summed E-state index contributed by atoms with van der Waals surface area (Å²) in [6, 6.07) is 12.6. The van der Waals surface area contributed by atoms with Gasteiger partial charge in [0.05, 0.1) is 19.9 Å². The second-order valence-electron chi connectivity index (χ2n) is 6.64. The lowest BCUT2D eigenvalue weighted by Gasteiger charge is -2.38. The lowest BCUT2D eigenvalue weighted by atomic mass is 9.88. The number of hydrogen-bond acceptors (Lipinski definition) is 4. The highest BCUT2D eigenvalue weighted by Gasteiger charge is 2.27. The van der Waals surface area contributed by atoms with Gasteiger partial charge >= 0.3 is 0 Å². The summed E-state index contributed by atoms with van der Waals surface area (Å²) in [7, 11) is 3.33. The van der Waals surface area contributed by atoms with E-state index in [2.05, 4.69) is 4.90 Å². The van der Waals surface area contributed by atoms with Crippen molar-refractivity contribution in [1.29, 1.82) is 0 Å². The molecule has 3 rings (SSSR count). The fourth-order valence-corrected chi connectivity index (χ4v) is 3.59. The third-order valence-corrected chi connectivity index (χ3v) is 4.73. The summed E-state index contributed by atoms with van der Waals surface area (Å²) in [5.41, 5.74) is 8.46. The van der Waals surface area contributed by atoms with Gasteiger partial charge in [-0.3, -0.25) is 0 Å². The van der Waals surface area contributed by atoms with Crippen LogP contribution in [-0.2, 0) is 6.42 Å². The van der Waals surface area contributed by atoms with Crippen molar-refractivity contribution < 1.29 is 13.9 Å². The van der Waals surface area contributed by atoms with Gasteiger partial charge in [-0.15, -0.1) is 0 Å². The number of methoxy groups -OCH3 is 2.